The minimum Gasteiger partial charge on any atom is -0.504 e. The molecule has 0 heterocycles. The Bertz CT molecular complexity index is 391. The monoisotopic (exact) mass is 249 g/mol. The Kier molecular flexibility index (Phi) is 4.22. The van der Waals surface area contributed by atoms with Crippen molar-refractivity contribution in [3.63, 3.8) is 0 Å². The Morgan fingerprint density at radius 2 is 2.00 bits per heavy atom. The second-order valence-corrected chi connectivity index (χ2v) is 3.53. The first-order valence-electron chi connectivity index (χ1n) is 5.08. The summed E-state index contributed by atoms with van der Waals surface area (Å²) < 4.78 is 42.9. The van der Waals surface area contributed by atoms with Crippen molar-refractivity contribution in [1.29, 1.82) is 0 Å². The Morgan fingerprint density at radius 3 is 2.47 bits per heavy atom. The fraction of sp³-hybridized carbons (Fsp3) is 0.455. The summed E-state index contributed by atoms with van der Waals surface area (Å²) in [6.45, 7) is 0.258. The number of ether oxygens (including phenoxy) is 1. The molecule has 96 valence electrons. The SMILES string of the molecule is COc1ccc(C(F)(F)F)c(CCCN)c1O. The van der Waals surface area contributed by atoms with Crippen molar-refractivity contribution in [3.8, 4) is 11.5 Å². The average Bonchev–Trinajstić information content (AvgIpc) is 2.25. The molecule has 0 fully saturated rings. The van der Waals surface area contributed by atoms with Crippen LogP contribution in [0.1, 0.15) is 17.5 Å². The van der Waals surface area contributed by atoms with Gasteiger partial charge in [0.2, 0.25) is 0 Å². The average molecular weight is 249 g/mol. The van der Waals surface area contributed by atoms with Crippen LogP contribution in [0.4, 0.5) is 13.2 Å². The number of aromatic hydroxyl groups is 1. The van der Waals surface area contributed by atoms with E-state index in [9.17, 15) is 18.3 Å². The van der Waals surface area contributed by atoms with Gasteiger partial charge in [0.15, 0.2) is 11.5 Å². The van der Waals surface area contributed by atoms with Gasteiger partial charge in [0.1, 0.15) is 0 Å². The Morgan fingerprint density at radius 1 is 1.35 bits per heavy atom. The summed E-state index contributed by atoms with van der Waals surface area (Å²) in [5.74, 6) is -0.430. The van der Waals surface area contributed by atoms with E-state index in [-0.39, 0.29) is 24.3 Å². The molecule has 3 N–H and O–H groups in total. The molecular weight excluding hydrogens is 235 g/mol. The fourth-order valence-electron chi connectivity index (χ4n) is 1.58. The van der Waals surface area contributed by atoms with Crippen molar-refractivity contribution in [2.45, 2.75) is 19.0 Å². The van der Waals surface area contributed by atoms with E-state index in [0.29, 0.717) is 6.42 Å². The molecule has 0 radical (unpaired) electrons. The normalized spacial score (nSPS) is 11.6. The maximum absolute atomic E-state index is 12.7. The number of hydrogen-bond acceptors (Lipinski definition) is 3. The van der Waals surface area contributed by atoms with E-state index in [0.717, 1.165) is 12.1 Å². The largest absolute Gasteiger partial charge is 0.504 e. The molecule has 0 amide bonds. The van der Waals surface area contributed by atoms with Gasteiger partial charge in [-0.2, -0.15) is 13.2 Å². The molecule has 17 heavy (non-hydrogen) atoms. The van der Waals surface area contributed by atoms with Gasteiger partial charge < -0.3 is 15.6 Å². The first kappa shape index (κ1) is 13.6. The zero-order valence-corrected chi connectivity index (χ0v) is 9.34. The highest BCUT2D eigenvalue weighted by molar-refractivity contribution is 5.50. The van der Waals surface area contributed by atoms with E-state index in [1.54, 1.807) is 0 Å². The van der Waals surface area contributed by atoms with Crippen LogP contribution in [0.25, 0.3) is 0 Å². The molecule has 1 aromatic carbocycles. The highest BCUT2D eigenvalue weighted by Crippen LogP contribution is 2.40. The lowest BCUT2D eigenvalue weighted by molar-refractivity contribution is -0.138. The number of benzene rings is 1. The molecule has 1 aromatic rings. The third-order valence-corrected chi connectivity index (χ3v) is 2.40. The van der Waals surface area contributed by atoms with E-state index in [1.165, 1.54) is 7.11 Å². The van der Waals surface area contributed by atoms with Gasteiger partial charge in [-0.15, -0.1) is 0 Å². The predicted molar refractivity (Wildman–Crippen MR) is 57.0 cm³/mol. The predicted octanol–water partition coefficient (Wildman–Crippen LogP) is 2.31. The molecule has 0 atom stereocenters. The molecule has 0 aliphatic carbocycles. The van der Waals surface area contributed by atoms with Crippen LogP contribution in [0.15, 0.2) is 12.1 Å². The zero-order chi connectivity index (χ0) is 13.1. The van der Waals surface area contributed by atoms with E-state index in [4.69, 9.17) is 10.5 Å². The van der Waals surface area contributed by atoms with Gasteiger partial charge in [-0.25, -0.2) is 0 Å². The standard InChI is InChI=1S/C11H14F3NO2/c1-17-9-5-4-8(11(12,13)14)7(10(9)16)3-2-6-15/h4-5,16H,2-3,6,15H2,1H3. The minimum absolute atomic E-state index is 0.0324. The van der Waals surface area contributed by atoms with E-state index in [2.05, 4.69) is 0 Å². The third-order valence-electron chi connectivity index (χ3n) is 2.40. The lowest BCUT2D eigenvalue weighted by atomic mass is 10.0. The van der Waals surface area contributed by atoms with Gasteiger partial charge >= 0.3 is 6.18 Å². The molecule has 0 aliphatic heterocycles. The Hall–Kier alpha value is -1.43. The fourth-order valence-corrected chi connectivity index (χ4v) is 1.58. The summed E-state index contributed by atoms with van der Waals surface area (Å²) in [7, 11) is 1.29. The van der Waals surface area contributed by atoms with Crippen LogP contribution >= 0.6 is 0 Å². The molecule has 0 bridgehead atoms. The highest BCUT2D eigenvalue weighted by atomic mass is 19.4. The van der Waals surface area contributed by atoms with Crippen LogP contribution in [0.5, 0.6) is 11.5 Å². The molecule has 3 nitrogen and oxygen atoms in total. The lowest BCUT2D eigenvalue weighted by Crippen LogP contribution is -2.11. The van der Waals surface area contributed by atoms with E-state index >= 15 is 0 Å². The third kappa shape index (κ3) is 3.03. The summed E-state index contributed by atoms with van der Waals surface area (Å²) >= 11 is 0. The van der Waals surface area contributed by atoms with Gasteiger partial charge in [0, 0.05) is 5.56 Å². The summed E-state index contributed by atoms with van der Waals surface area (Å²) in [5, 5.41) is 9.69. The highest BCUT2D eigenvalue weighted by Gasteiger charge is 2.35. The second-order valence-electron chi connectivity index (χ2n) is 3.53. The van der Waals surface area contributed by atoms with Crippen molar-refractivity contribution >= 4 is 0 Å². The van der Waals surface area contributed by atoms with Crippen molar-refractivity contribution in [1.82, 2.24) is 0 Å². The van der Waals surface area contributed by atoms with Gasteiger partial charge in [0.05, 0.1) is 12.7 Å². The summed E-state index contributed by atoms with van der Waals surface area (Å²) in [6.07, 6.45) is -4.06. The summed E-state index contributed by atoms with van der Waals surface area (Å²) in [4.78, 5) is 0. The molecule has 0 aliphatic rings. The molecule has 0 unspecified atom stereocenters. The number of methoxy groups -OCH3 is 1. The summed E-state index contributed by atoms with van der Waals surface area (Å²) in [5.41, 5.74) is 4.25. The number of phenolic OH excluding ortho intramolecular Hbond substituents is 1. The summed E-state index contributed by atoms with van der Waals surface area (Å²) in [6, 6.07) is 2.01. The minimum atomic E-state index is -4.49. The van der Waals surface area contributed by atoms with Gasteiger partial charge in [-0.1, -0.05) is 0 Å². The number of nitrogens with two attached hydrogens (primary N) is 1. The van der Waals surface area contributed by atoms with Crippen LogP contribution in [0.2, 0.25) is 0 Å². The van der Waals surface area contributed by atoms with Crippen LogP contribution in [-0.4, -0.2) is 18.8 Å². The molecule has 0 aromatic heterocycles. The molecule has 0 spiro atoms. The van der Waals surface area contributed by atoms with Gasteiger partial charge in [0.25, 0.3) is 0 Å². The molecule has 1 rings (SSSR count). The van der Waals surface area contributed by atoms with Gasteiger partial charge in [-0.3, -0.25) is 0 Å². The molecule has 0 saturated carbocycles. The van der Waals surface area contributed by atoms with Crippen molar-refractivity contribution < 1.29 is 23.0 Å². The maximum Gasteiger partial charge on any atom is 0.416 e. The van der Waals surface area contributed by atoms with Crippen molar-refractivity contribution in [2.75, 3.05) is 13.7 Å². The number of alkyl halides is 3. The second kappa shape index (κ2) is 5.27. The zero-order valence-electron chi connectivity index (χ0n) is 9.34. The van der Waals surface area contributed by atoms with E-state index in [1.807, 2.05) is 0 Å². The first-order chi connectivity index (χ1) is 7.91. The van der Waals surface area contributed by atoms with Gasteiger partial charge in [-0.05, 0) is 31.5 Å². The topological polar surface area (TPSA) is 55.5 Å². The van der Waals surface area contributed by atoms with Crippen molar-refractivity contribution in [3.05, 3.63) is 23.3 Å². The van der Waals surface area contributed by atoms with Crippen LogP contribution < -0.4 is 10.5 Å². The van der Waals surface area contributed by atoms with E-state index < -0.39 is 17.5 Å². The number of halogens is 3. The van der Waals surface area contributed by atoms with Crippen LogP contribution in [0, 0.1) is 0 Å². The smallest absolute Gasteiger partial charge is 0.416 e. The quantitative estimate of drug-likeness (QED) is 0.860. The Balaban J connectivity index is 3.25. The van der Waals surface area contributed by atoms with Crippen LogP contribution in [0.3, 0.4) is 0 Å². The maximum atomic E-state index is 12.7. The number of rotatable bonds is 4. The Labute approximate surface area is 97.0 Å². The van der Waals surface area contributed by atoms with Crippen molar-refractivity contribution in [2.24, 2.45) is 5.73 Å². The lowest BCUT2D eigenvalue weighted by Gasteiger charge is -2.16. The number of hydrogen-bond donors (Lipinski definition) is 2. The number of phenols is 1. The molecule has 0 saturated heterocycles. The first-order valence-corrected chi connectivity index (χ1v) is 5.08. The van der Waals surface area contributed by atoms with Crippen LogP contribution in [-0.2, 0) is 12.6 Å². The molecular formula is C11H14F3NO2. The molecule has 6 heteroatoms.